The highest BCUT2D eigenvalue weighted by Crippen LogP contribution is 2.64. The maximum Gasteiger partial charge on any atom is 0.397 e. The van der Waals surface area contributed by atoms with Gasteiger partial charge in [-0.3, -0.25) is 31.9 Å². The first-order valence-electron chi connectivity index (χ1n) is 25.3. The Hall–Kier alpha value is -2.37. The number of ether oxygens (including phenoxy) is 10. The number of carboxylic acid groups (broad SMARTS) is 2. The van der Waals surface area contributed by atoms with Crippen molar-refractivity contribution in [2.75, 3.05) is 26.9 Å². The third-order valence-corrected chi connectivity index (χ3v) is 18.7. The molecule has 5 aliphatic heterocycles. The lowest BCUT2D eigenvalue weighted by atomic mass is 9.82. The largest absolute Gasteiger partial charge is 0.479 e. The Labute approximate surface area is 502 Å². The Balaban J connectivity index is 1.37. The van der Waals surface area contributed by atoms with Crippen molar-refractivity contribution in [3.8, 4) is 0 Å². The molecule has 9 N–H and O–H groups in total. The normalized spacial score (nSPS) is 41.4. The summed E-state index contributed by atoms with van der Waals surface area (Å²) in [6.07, 6.45) is -38.5. The summed E-state index contributed by atoms with van der Waals surface area (Å²) >= 11 is 0. The van der Waals surface area contributed by atoms with Crippen LogP contribution in [-0.2, 0) is 159 Å². The molecule has 88 heavy (non-hydrogen) atoms. The van der Waals surface area contributed by atoms with E-state index >= 15 is 0 Å². The second-order valence-electron chi connectivity index (χ2n) is 21.2. The number of methoxy groups -OCH3 is 1. The monoisotopic (exact) mass is 1430 g/mol. The number of fused-ring (bicyclic) bond motifs is 1. The highest BCUT2D eigenvalue weighted by molar-refractivity contribution is 7.82. The zero-order valence-corrected chi connectivity index (χ0v) is 52.1. The average molecular weight is 1430 g/mol. The Morgan fingerprint density at radius 2 is 0.727 bits per heavy atom. The van der Waals surface area contributed by atoms with Gasteiger partial charge in [0.2, 0.25) is 0 Å². The quantitative estimate of drug-likeness (QED) is 0.0342. The van der Waals surface area contributed by atoms with E-state index in [2.05, 4.69) is 20.9 Å². The van der Waals surface area contributed by atoms with E-state index in [1.807, 2.05) is 0 Å². The molecule has 0 spiro atoms. The van der Waals surface area contributed by atoms with Crippen molar-refractivity contribution in [3.63, 3.8) is 0 Å². The summed E-state index contributed by atoms with van der Waals surface area (Å²) in [5.74, 6) is -11.8. The molecule has 0 aromatic carbocycles. The molecule has 6 aliphatic rings. The summed E-state index contributed by atoms with van der Waals surface area (Å²) < 4.78 is 329. The van der Waals surface area contributed by atoms with Gasteiger partial charge < -0.3 is 57.6 Å². The van der Waals surface area contributed by atoms with Crippen molar-refractivity contribution >= 4 is 84.7 Å². The smallest absolute Gasteiger partial charge is 0.397 e. The van der Waals surface area contributed by atoms with Crippen molar-refractivity contribution < 1.29 is 187 Å². The number of hydrogen-bond acceptors (Lipinski definition) is 33. The molecule has 1 saturated carbocycles. The van der Waals surface area contributed by atoms with Gasteiger partial charge in [-0.25, -0.2) is 38.9 Å². The minimum absolute atomic E-state index is 0.563. The fourth-order valence-corrected chi connectivity index (χ4v) is 14.4. The summed E-state index contributed by atoms with van der Waals surface area (Å²) in [5, 5.41) is 21.1. The molecule has 14 unspecified atom stereocenters. The van der Waals surface area contributed by atoms with Gasteiger partial charge in [-0.1, -0.05) is 34.6 Å². The van der Waals surface area contributed by atoms with Gasteiger partial charge in [0.1, 0.15) is 54.9 Å². The molecule has 1 aliphatic carbocycles. The highest BCUT2D eigenvalue weighted by atomic mass is 32.3. The Morgan fingerprint density at radius 1 is 0.386 bits per heavy atom. The lowest BCUT2D eigenvalue weighted by Crippen LogP contribution is -2.65. The SMILES string of the molecule is CO[C@@H]1C(COS(=O)(=O)O)O[C@H](O[C@@H]2C(C(=O)O)O[C@H](O[C@H]3C(COS(=O)(=O)O)O[C@@H](OC4(C)[C@H]5C(C(=O)O)O[C@H](O[C@@H]6C(COS(=O)(=O)O)O[C@H](C)C(OS(=O)(=O)O)C6OS(=O)(=O)O)C(C)[C@@H]54)C(OS(=O)(=O)O)[C@H]3OS(=O)(=O)O)C(C)C2C)C(C)C1C. The molecule has 0 radical (unpaired) electrons. The van der Waals surface area contributed by atoms with Crippen LogP contribution < -0.4 is 0 Å². The molecule has 49 heteroatoms. The lowest BCUT2D eigenvalue weighted by molar-refractivity contribution is -0.358. The second-order valence-corrected chi connectivity index (χ2v) is 28.7. The molecule has 0 bridgehead atoms. The van der Waals surface area contributed by atoms with Gasteiger partial charge in [-0.15, -0.1) is 0 Å². The molecule has 6 fully saturated rings. The van der Waals surface area contributed by atoms with E-state index in [4.69, 9.17) is 55.7 Å². The molecule has 26 atom stereocenters. The van der Waals surface area contributed by atoms with Gasteiger partial charge >= 0.3 is 84.7 Å². The molecular formula is C39H64O42S7. The number of rotatable bonds is 28. The molecule has 514 valence electrons. The summed E-state index contributed by atoms with van der Waals surface area (Å²) in [5.41, 5.74) is -2.26. The fourth-order valence-electron chi connectivity index (χ4n) is 11.4. The van der Waals surface area contributed by atoms with E-state index < -0.39 is 262 Å². The predicted molar refractivity (Wildman–Crippen MR) is 270 cm³/mol. The molecule has 0 aromatic heterocycles. The first kappa shape index (κ1) is 74.7. The minimum atomic E-state index is -6.02. The molecule has 0 aromatic rings. The van der Waals surface area contributed by atoms with E-state index in [1.165, 1.54) is 27.9 Å². The Bertz CT molecular complexity index is 3310. The Morgan fingerprint density at radius 3 is 1.15 bits per heavy atom. The fraction of sp³-hybridized carbons (Fsp3) is 0.949. The zero-order chi connectivity index (χ0) is 66.7. The predicted octanol–water partition coefficient (Wildman–Crippen LogP) is -3.57. The van der Waals surface area contributed by atoms with Crippen LogP contribution in [0.3, 0.4) is 0 Å². The first-order valence-corrected chi connectivity index (χ1v) is 34.9. The van der Waals surface area contributed by atoms with Crippen molar-refractivity contribution in [1.82, 2.24) is 0 Å². The molecule has 5 heterocycles. The third-order valence-electron chi connectivity index (χ3n) is 15.5. The van der Waals surface area contributed by atoms with Crippen LogP contribution in [-0.4, -0.2) is 256 Å². The third kappa shape index (κ3) is 19.2. The van der Waals surface area contributed by atoms with Gasteiger partial charge in [0.15, 0.2) is 43.5 Å². The summed E-state index contributed by atoms with van der Waals surface area (Å²) in [6, 6.07) is 0. The Kier molecular flexibility index (Phi) is 23.4. The number of carboxylic acids is 2. The summed E-state index contributed by atoms with van der Waals surface area (Å²) in [6.45, 7) is 5.28. The minimum Gasteiger partial charge on any atom is -0.479 e. The lowest BCUT2D eigenvalue weighted by Gasteiger charge is -2.50. The van der Waals surface area contributed by atoms with Crippen LogP contribution in [0.2, 0.25) is 0 Å². The van der Waals surface area contributed by atoms with Gasteiger partial charge in [0.25, 0.3) is 0 Å². The van der Waals surface area contributed by atoms with Crippen molar-refractivity contribution in [2.45, 2.75) is 165 Å². The van der Waals surface area contributed by atoms with Gasteiger partial charge in [0, 0.05) is 36.7 Å². The van der Waals surface area contributed by atoms with E-state index in [-0.39, 0.29) is 0 Å². The summed E-state index contributed by atoms with van der Waals surface area (Å²) in [7, 11) is -38.3. The van der Waals surface area contributed by atoms with Crippen LogP contribution in [0.1, 0.15) is 48.5 Å². The molecule has 6 rings (SSSR count). The first-order chi connectivity index (χ1) is 39.9. The maximum absolute atomic E-state index is 13.1. The van der Waals surface area contributed by atoms with Crippen molar-refractivity contribution in [2.24, 2.45) is 41.4 Å². The van der Waals surface area contributed by atoms with E-state index in [9.17, 15) is 111 Å². The van der Waals surface area contributed by atoms with Crippen LogP contribution in [0.4, 0.5) is 0 Å². The maximum atomic E-state index is 13.1. The molecule has 0 amide bonds. The van der Waals surface area contributed by atoms with Crippen molar-refractivity contribution in [1.29, 1.82) is 0 Å². The van der Waals surface area contributed by atoms with Crippen molar-refractivity contribution in [3.05, 3.63) is 0 Å². The molecular weight excluding hydrogens is 1360 g/mol. The molecule has 5 saturated heterocycles. The number of hydrogen-bond donors (Lipinski definition) is 9. The van der Waals surface area contributed by atoms with Gasteiger partial charge in [0.05, 0.1) is 37.6 Å². The van der Waals surface area contributed by atoms with Crippen LogP contribution in [0.25, 0.3) is 0 Å². The van der Waals surface area contributed by atoms with E-state index in [1.54, 1.807) is 13.8 Å². The van der Waals surface area contributed by atoms with Gasteiger partial charge in [-0.2, -0.15) is 58.9 Å². The van der Waals surface area contributed by atoms with Crippen LogP contribution in [0, 0.1) is 41.4 Å². The standard InChI is InChI=1S/C39H64O42S7/c1-12-14(3)35(70-18(23(12)65-8)9-66-82(44,45)46)72-24-13(2)15(4)36(76-31(24)34(42)43)73-27-20(11-68-84(50,51)52)71-38(32(81-88(62,63)64)30(27)80-87(59,60)61)77-39(7)21-16(5)37(75-28(22(21)39)33(40)41)74-26-19(10-67-83(47,48)49)69-17(6)25(78-85(53,54)55)29(26)79-86(56,57)58/h12-32,35-38H,9-11H2,1-8H3,(H,40,41)(H,42,43)(H,44,45,46)(H,47,48,49)(H,50,51,52)(H,53,54,55)(H,56,57,58)(H,59,60,61)(H,62,63,64)/t12?,13?,14?,15?,16?,17-,18?,19?,20?,21+,22-,23+,24+,25?,26-,27+,28?,29?,30+,31?,32?,35-,36+,37+,38+,39?/m1/s1. The summed E-state index contributed by atoms with van der Waals surface area (Å²) in [4.78, 5) is 26.1. The van der Waals surface area contributed by atoms with Crippen LogP contribution in [0.5, 0.6) is 0 Å². The second kappa shape index (κ2) is 27.5. The van der Waals surface area contributed by atoms with Crippen LogP contribution >= 0.6 is 0 Å². The van der Waals surface area contributed by atoms with E-state index in [0.29, 0.717) is 0 Å². The average Bonchev–Trinajstić information content (AvgIpc) is 1.52. The number of carbonyl (C=O) groups is 2. The molecule has 42 nitrogen and oxygen atoms in total. The van der Waals surface area contributed by atoms with Crippen LogP contribution in [0.15, 0.2) is 0 Å². The number of aliphatic carboxylic acids is 2. The highest BCUT2D eigenvalue weighted by Gasteiger charge is 2.75. The van der Waals surface area contributed by atoms with Gasteiger partial charge in [-0.05, 0) is 25.7 Å². The zero-order valence-electron chi connectivity index (χ0n) is 46.4. The van der Waals surface area contributed by atoms with E-state index in [0.717, 1.165) is 13.8 Å². The topological polar surface area (TPSA) is 612 Å².